The van der Waals surface area contributed by atoms with E-state index in [4.69, 9.17) is 14.0 Å². The number of benzene rings is 1. The number of aromatic nitrogens is 2. The second-order valence-corrected chi connectivity index (χ2v) is 4.82. The highest BCUT2D eigenvalue weighted by atomic mass is 79.9. The fourth-order valence-corrected chi connectivity index (χ4v) is 2.14. The summed E-state index contributed by atoms with van der Waals surface area (Å²) in [7, 11) is 0. The van der Waals surface area contributed by atoms with Gasteiger partial charge in [-0.15, -0.1) is 0 Å². The van der Waals surface area contributed by atoms with Gasteiger partial charge < -0.3 is 14.0 Å². The van der Waals surface area contributed by atoms with Crippen molar-refractivity contribution in [3.8, 4) is 11.4 Å². The lowest BCUT2D eigenvalue weighted by Gasteiger charge is -2.19. The molecular formula is C12H11BrN2O3. The molecular weight excluding hydrogens is 300 g/mol. The predicted octanol–water partition coefficient (Wildman–Crippen LogP) is 2.59. The van der Waals surface area contributed by atoms with Crippen LogP contribution in [0.25, 0.3) is 11.4 Å². The lowest BCUT2D eigenvalue weighted by Crippen LogP contribution is -2.22. The fourth-order valence-electron chi connectivity index (χ4n) is 1.74. The largest absolute Gasteiger partial charge is 0.376 e. The smallest absolute Gasteiger partial charge is 0.258 e. The van der Waals surface area contributed by atoms with Gasteiger partial charge in [0.1, 0.15) is 0 Å². The molecule has 0 radical (unpaired) electrons. The molecule has 18 heavy (non-hydrogen) atoms. The third-order valence-electron chi connectivity index (χ3n) is 2.62. The van der Waals surface area contributed by atoms with E-state index in [0.29, 0.717) is 31.5 Å². The second kappa shape index (κ2) is 5.17. The van der Waals surface area contributed by atoms with Gasteiger partial charge in [0.05, 0.1) is 19.8 Å². The zero-order valence-electron chi connectivity index (χ0n) is 9.51. The molecule has 6 heteroatoms. The van der Waals surface area contributed by atoms with Crippen LogP contribution >= 0.6 is 15.9 Å². The highest BCUT2D eigenvalue weighted by Gasteiger charge is 2.23. The third-order valence-corrected chi connectivity index (χ3v) is 3.11. The summed E-state index contributed by atoms with van der Waals surface area (Å²) in [5, 5.41) is 3.96. The topological polar surface area (TPSA) is 57.4 Å². The fraction of sp³-hybridized carbons (Fsp3) is 0.333. The molecule has 94 valence electrons. The van der Waals surface area contributed by atoms with Crippen molar-refractivity contribution in [2.45, 2.75) is 6.10 Å². The van der Waals surface area contributed by atoms with Gasteiger partial charge >= 0.3 is 0 Å². The summed E-state index contributed by atoms with van der Waals surface area (Å²) >= 11 is 3.41. The summed E-state index contributed by atoms with van der Waals surface area (Å²) in [6.07, 6.45) is -0.257. The highest BCUT2D eigenvalue weighted by Crippen LogP contribution is 2.24. The SMILES string of the molecule is Brc1cccc(-c2noc([C@H]3COCCO3)n2)c1. The van der Waals surface area contributed by atoms with E-state index in [-0.39, 0.29) is 6.10 Å². The van der Waals surface area contributed by atoms with Crippen LogP contribution in [0.3, 0.4) is 0 Å². The maximum atomic E-state index is 5.51. The monoisotopic (exact) mass is 310 g/mol. The van der Waals surface area contributed by atoms with Gasteiger partial charge in [0, 0.05) is 10.0 Å². The summed E-state index contributed by atoms with van der Waals surface area (Å²) in [5.74, 6) is 1.02. The van der Waals surface area contributed by atoms with Crippen LogP contribution in [0, 0.1) is 0 Å². The summed E-state index contributed by atoms with van der Waals surface area (Å²) in [6.45, 7) is 1.63. The summed E-state index contributed by atoms with van der Waals surface area (Å²) in [4.78, 5) is 4.34. The standard InChI is InChI=1S/C12H11BrN2O3/c13-9-3-1-2-8(6-9)11-14-12(18-15-11)10-7-16-4-5-17-10/h1-3,6,10H,4-5,7H2/t10-/m1/s1. The molecule has 0 saturated carbocycles. The molecule has 0 unspecified atom stereocenters. The van der Waals surface area contributed by atoms with Crippen LogP contribution in [-0.4, -0.2) is 30.0 Å². The molecule has 0 bridgehead atoms. The van der Waals surface area contributed by atoms with Gasteiger partial charge in [-0.2, -0.15) is 4.98 Å². The molecule has 1 aliphatic heterocycles. The molecule has 1 fully saturated rings. The molecule has 3 rings (SSSR count). The minimum Gasteiger partial charge on any atom is -0.376 e. The number of halogens is 1. The average molecular weight is 311 g/mol. The van der Waals surface area contributed by atoms with E-state index in [2.05, 4.69) is 26.1 Å². The maximum Gasteiger partial charge on any atom is 0.258 e. The van der Waals surface area contributed by atoms with Crippen molar-refractivity contribution < 1.29 is 14.0 Å². The van der Waals surface area contributed by atoms with Crippen molar-refractivity contribution in [2.75, 3.05) is 19.8 Å². The lowest BCUT2D eigenvalue weighted by molar-refractivity contribution is -0.101. The Morgan fingerprint density at radius 3 is 3.00 bits per heavy atom. The van der Waals surface area contributed by atoms with Crippen molar-refractivity contribution in [2.24, 2.45) is 0 Å². The quantitative estimate of drug-likeness (QED) is 0.853. The maximum absolute atomic E-state index is 5.51. The first-order chi connectivity index (χ1) is 8.83. The predicted molar refractivity (Wildman–Crippen MR) is 66.9 cm³/mol. The Hall–Kier alpha value is -1.24. The second-order valence-electron chi connectivity index (χ2n) is 3.90. The van der Waals surface area contributed by atoms with Crippen molar-refractivity contribution in [1.29, 1.82) is 0 Å². The van der Waals surface area contributed by atoms with Crippen LogP contribution in [0.5, 0.6) is 0 Å². The Kier molecular flexibility index (Phi) is 3.40. The van der Waals surface area contributed by atoms with Crippen LogP contribution in [-0.2, 0) is 9.47 Å². The minimum absolute atomic E-state index is 0.257. The van der Waals surface area contributed by atoms with E-state index in [1.807, 2.05) is 24.3 Å². The number of hydrogen-bond acceptors (Lipinski definition) is 5. The number of nitrogens with zero attached hydrogens (tertiary/aromatic N) is 2. The van der Waals surface area contributed by atoms with Crippen LogP contribution in [0.1, 0.15) is 12.0 Å². The van der Waals surface area contributed by atoms with Gasteiger partial charge in [0.2, 0.25) is 5.82 Å². The highest BCUT2D eigenvalue weighted by molar-refractivity contribution is 9.10. The molecule has 5 nitrogen and oxygen atoms in total. The molecule has 1 saturated heterocycles. The number of ether oxygens (including phenoxy) is 2. The molecule has 0 amide bonds. The van der Waals surface area contributed by atoms with Crippen LogP contribution in [0.2, 0.25) is 0 Å². The van der Waals surface area contributed by atoms with E-state index >= 15 is 0 Å². The van der Waals surface area contributed by atoms with Crippen LogP contribution < -0.4 is 0 Å². The van der Waals surface area contributed by atoms with Gasteiger partial charge in [0.15, 0.2) is 6.10 Å². The van der Waals surface area contributed by atoms with Gasteiger partial charge in [-0.05, 0) is 12.1 Å². The third kappa shape index (κ3) is 2.45. The zero-order chi connectivity index (χ0) is 12.4. The summed E-state index contributed by atoms with van der Waals surface area (Å²) < 4.78 is 17.0. The average Bonchev–Trinajstić information content (AvgIpc) is 2.89. The normalized spacial score (nSPS) is 19.9. The lowest BCUT2D eigenvalue weighted by atomic mass is 10.2. The van der Waals surface area contributed by atoms with Crippen LogP contribution in [0.15, 0.2) is 33.3 Å². The Bertz CT molecular complexity index is 538. The molecule has 0 aliphatic carbocycles. The van der Waals surface area contributed by atoms with E-state index in [9.17, 15) is 0 Å². The molecule has 2 heterocycles. The Labute approximate surface area is 112 Å². The van der Waals surface area contributed by atoms with Gasteiger partial charge in [0.25, 0.3) is 5.89 Å². The van der Waals surface area contributed by atoms with Gasteiger partial charge in [-0.25, -0.2) is 0 Å². The Morgan fingerprint density at radius 1 is 1.28 bits per heavy atom. The first kappa shape index (κ1) is 11.8. The van der Waals surface area contributed by atoms with Crippen molar-refractivity contribution in [1.82, 2.24) is 10.1 Å². The van der Waals surface area contributed by atoms with Crippen molar-refractivity contribution in [3.05, 3.63) is 34.6 Å². The summed E-state index contributed by atoms with van der Waals surface area (Å²) in [6, 6.07) is 7.74. The minimum atomic E-state index is -0.257. The first-order valence-corrected chi connectivity index (χ1v) is 6.41. The molecule has 1 atom stereocenters. The van der Waals surface area contributed by atoms with E-state index in [1.54, 1.807) is 0 Å². The van der Waals surface area contributed by atoms with E-state index in [0.717, 1.165) is 10.0 Å². The van der Waals surface area contributed by atoms with E-state index in [1.165, 1.54) is 0 Å². The molecule has 1 aliphatic rings. The van der Waals surface area contributed by atoms with Crippen molar-refractivity contribution in [3.63, 3.8) is 0 Å². The number of rotatable bonds is 2. The number of hydrogen-bond donors (Lipinski definition) is 0. The Balaban J connectivity index is 1.84. The van der Waals surface area contributed by atoms with E-state index < -0.39 is 0 Å². The molecule has 0 spiro atoms. The van der Waals surface area contributed by atoms with Crippen LogP contribution in [0.4, 0.5) is 0 Å². The van der Waals surface area contributed by atoms with Gasteiger partial charge in [-0.1, -0.05) is 33.2 Å². The molecule has 0 N–H and O–H groups in total. The zero-order valence-corrected chi connectivity index (χ0v) is 11.1. The summed E-state index contributed by atoms with van der Waals surface area (Å²) in [5.41, 5.74) is 0.899. The Morgan fingerprint density at radius 2 is 2.22 bits per heavy atom. The molecule has 2 aromatic rings. The molecule has 1 aromatic heterocycles. The van der Waals surface area contributed by atoms with Gasteiger partial charge in [-0.3, -0.25) is 0 Å². The molecule has 1 aromatic carbocycles. The first-order valence-electron chi connectivity index (χ1n) is 5.62. The van der Waals surface area contributed by atoms with Crippen molar-refractivity contribution >= 4 is 15.9 Å².